The summed E-state index contributed by atoms with van der Waals surface area (Å²) in [5.74, 6) is 0.740. The molecule has 5 rings (SSSR count). The van der Waals surface area contributed by atoms with Crippen molar-refractivity contribution in [3.05, 3.63) is 56.8 Å². The Hall–Kier alpha value is -3.34. The Kier molecular flexibility index (Phi) is 7.70. The first-order chi connectivity index (χ1) is 18.6. The van der Waals surface area contributed by atoms with Crippen molar-refractivity contribution in [3.63, 3.8) is 0 Å². The molecule has 0 spiro atoms. The Morgan fingerprint density at radius 3 is 2.95 bits per heavy atom. The van der Waals surface area contributed by atoms with Crippen molar-refractivity contribution in [2.45, 2.75) is 50.9 Å². The van der Waals surface area contributed by atoms with Gasteiger partial charge in [-0.3, -0.25) is 14.6 Å². The van der Waals surface area contributed by atoms with Crippen LogP contribution in [0.1, 0.15) is 42.6 Å². The second-order valence-electron chi connectivity index (χ2n) is 10.8. The van der Waals surface area contributed by atoms with Gasteiger partial charge < -0.3 is 30.7 Å². The molecule has 1 fully saturated rings. The number of rotatable bonds is 8. The van der Waals surface area contributed by atoms with Crippen molar-refractivity contribution in [2.24, 2.45) is 0 Å². The lowest BCUT2D eigenvalue weighted by Gasteiger charge is -2.38. The van der Waals surface area contributed by atoms with E-state index in [1.807, 2.05) is 32.0 Å². The number of aromatic amines is 1. The number of halogens is 1. The zero-order valence-corrected chi connectivity index (χ0v) is 23.2. The number of anilines is 2. The number of hydrogen-bond acceptors (Lipinski definition) is 8. The van der Waals surface area contributed by atoms with Crippen molar-refractivity contribution in [2.75, 3.05) is 44.3 Å². The average Bonchev–Trinajstić information content (AvgIpc) is 3.24. The molecule has 5 N–H and O–H groups in total. The summed E-state index contributed by atoms with van der Waals surface area (Å²) < 4.78 is 11.9. The molecule has 39 heavy (non-hydrogen) atoms. The number of nitrogens with two attached hydrogens (primary N) is 1. The first-order valence-corrected chi connectivity index (χ1v) is 13.6. The van der Waals surface area contributed by atoms with Gasteiger partial charge in [0.05, 0.1) is 39.3 Å². The van der Waals surface area contributed by atoms with Crippen LogP contribution in [0.4, 0.5) is 11.6 Å². The van der Waals surface area contributed by atoms with Crippen LogP contribution >= 0.6 is 11.6 Å². The van der Waals surface area contributed by atoms with Gasteiger partial charge in [0.2, 0.25) is 5.95 Å². The Bertz CT molecular complexity index is 1440. The molecule has 2 aromatic carbocycles. The predicted octanol–water partition coefficient (Wildman–Crippen LogP) is 3.19. The van der Waals surface area contributed by atoms with E-state index >= 15 is 0 Å². The van der Waals surface area contributed by atoms with Gasteiger partial charge in [0.25, 0.3) is 11.5 Å². The number of fused-ring (bicyclic) bond motifs is 2. The van der Waals surface area contributed by atoms with Crippen LogP contribution in [0.15, 0.2) is 35.1 Å². The lowest BCUT2D eigenvalue weighted by Crippen LogP contribution is -2.55. The van der Waals surface area contributed by atoms with Gasteiger partial charge in [-0.25, -0.2) is 4.98 Å². The van der Waals surface area contributed by atoms with E-state index < -0.39 is 5.60 Å². The number of aromatic nitrogens is 2. The summed E-state index contributed by atoms with van der Waals surface area (Å²) in [5, 5.41) is 7.29. The van der Waals surface area contributed by atoms with E-state index in [0.717, 1.165) is 31.5 Å². The third-order valence-corrected chi connectivity index (χ3v) is 7.73. The minimum absolute atomic E-state index is 0.148. The van der Waals surface area contributed by atoms with E-state index in [0.29, 0.717) is 58.4 Å². The molecule has 1 aromatic heterocycles. The Morgan fingerprint density at radius 1 is 1.36 bits per heavy atom. The maximum Gasteiger partial charge on any atom is 0.260 e. The topological polar surface area (TPSA) is 135 Å². The molecule has 10 nitrogen and oxygen atoms in total. The maximum absolute atomic E-state index is 13.3. The van der Waals surface area contributed by atoms with Crippen molar-refractivity contribution in [1.29, 1.82) is 0 Å². The molecule has 3 heterocycles. The monoisotopic (exact) mass is 554 g/mol. The number of likely N-dealkylation sites (tertiary alicyclic amines) is 1. The second-order valence-corrected chi connectivity index (χ2v) is 11.2. The minimum atomic E-state index is -0.453. The number of para-hydroxylation sites is 1. The van der Waals surface area contributed by atoms with Crippen LogP contribution in [-0.4, -0.2) is 71.8 Å². The highest BCUT2D eigenvalue weighted by Crippen LogP contribution is 2.44. The van der Waals surface area contributed by atoms with E-state index in [-0.39, 0.29) is 23.6 Å². The van der Waals surface area contributed by atoms with Gasteiger partial charge in [0.15, 0.2) is 0 Å². The molecule has 2 atom stereocenters. The molecule has 0 unspecified atom stereocenters. The zero-order valence-electron chi connectivity index (χ0n) is 22.5. The predicted molar refractivity (Wildman–Crippen MR) is 153 cm³/mol. The Morgan fingerprint density at radius 2 is 2.15 bits per heavy atom. The third-order valence-electron chi connectivity index (χ3n) is 7.42. The summed E-state index contributed by atoms with van der Waals surface area (Å²) >= 11 is 6.37. The van der Waals surface area contributed by atoms with E-state index in [9.17, 15) is 9.59 Å². The SMILES string of the molecule is CO[C@H]1CN(CCCNc2nc3ccccc3c(=O)[nH]2)CC[C@H]1NC(=O)c1cc(Cl)c(N)c2c1OC(C)(C)C2. The number of piperidine rings is 1. The lowest BCUT2D eigenvalue weighted by molar-refractivity contribution is 0.00634. The van der Waals surface area contributed by atoms with Crippen LogP contribution in [0.2, 0.25) is 5.02 Å². The number of ether oxygens (including phenoxy) is 2. The summed E-state index contributed by atoms with van der Waals surface area (Å²) in [5.41, 5.74) is 7.89. The van der Waals surface area contributed by atoms with Gasteiger partial charge in [0.1, 0.15) is 11.4 Å². The van der Waals surface area contributed by atoms with E-state index in [1.54, 1.807) is 19.2 Å². The smallest absolute Gasteiger partial charge is 0.260 e. The minimum Gasteiger partial charge on any atom is -0.486 e. The van der Waals surface area contributed by atoms with Crippen molar-refractivity contribution in [3.8, 4) is 5.75 Å². The summed E-state index contributed by atoms with van der Waals surface area (Å²) in [6.07, 6.45) is 2.03. The summed E-state index contributed by atoms with van der Waals surface area (Å²) in [7, 11) is 1.67. The first-order valence-electron chi connectivity index (χ1n) is 13.2. The van der Waals surface area contributed by atoms with E-state index in [1.165, 1.54) is 0 Å². The van der Waals surface area contributed by atoms with Crippen LogP contribution in [0, 0.1) is 0 Å². The van der Waals surface area contributed by atoms with Crippen molar-refractivity contribution < 1.29 is 14.3 Å². The van der Waals surface area contributed by atoms with E-state index in [4.69, 9.17) is 26.8 Å². The lowest BCUT2D eigenvalue weighted by atomic mass is 9.97. The normalized spacial score (nSPS) is 20.4. The number of nitrogens with one attached hydrogen (secondary N) is 3. The van der Waals surface area contributed by atoms with E-state index in [2.05, 4.69) is 25.5 Å². The largest absolute Gasteiger partial charge is 0.486 e. The van der Waals surface area contributed by atoms with Gasteiger partial charge >= 0.3 is 0 Å². The molecule has 2 aliphatic rings. The molecule has 0 aliphatic carbocycles. The number of nitrogen functional groups attached to an aromatic ring is 1. The fourth-order valence-corrected chi connectivity index (χ4v) is 5.63. The van der Waals surface area contributed by atoms with Crippen LogP contribution in [-0.2, 0) is 11.2 Å². The molecule has 0 saturated carbocycles. The Balaban J connectivity index is 1.15. The Labute approximate surface area is 232 Å². The van der Waals surface area contributed by atoms with Gasteiger partial charge in [-0.2, -0.15) is 0 Å². The van der Waals surface area contributed by atoms with Gasteiger partial charge in [0, 0.05) is 38.7 Å². The highest BCUT2D eigenvalue weighted by Gasteiger charge is 2.37. The molecule has 0 bridgehead atoms. The fraction of sp³-hybridized carbons (Fsp3) is 0.464. The number of benzene rings is 2. The van der Waals surface area contributed by atoms with Crippen LogP contribution < -0.4 is 26.7 Å². The highest BCUT2D eigenvalue weighted by molar-refractivity contribution is 6.33. The number of methoxy groups -OCH3 is 1. The van der Waals surface area contributed by atoms with Crippen LogP contribution in [0.5, 0.6) is 5.75 Å². The summed E-state index contributed by atoms with van der Waals surface area (Å²) in [6.45, 7) is 6.94. The first kappa shape index (κ1) is 27.2. The standard InChI is InChI=1S/C28H35ClN6O4/c1-28(2)14-18-23(30)19(29)13-17(24(18)39-28)26(37)32-21-9-12-35(15-22(21)38-3)11-6-10-31-27-33-20-8-5-4-7-16(20)25(36)34-27/h4-5,7-8,13,21-22H,6,9-12,14-15,30H2,1-3H3,(H,32,37)(H2,31,33,34,36)/t21-,22+/m1/s1. The molecular formula is C28H35ClN6O4. The number of carbonyl (C=O) groups is 1. The number of H-pyrrole nitrogens is 1. The van der Waals surface area contributed by atoms with Crippen LogP contribution in [0.25, 0.3) is 10.9 Å². The highest BCUT2D eigenvalue weighted by atomic mass is 35.5. The average molecular weight is 555 g/mol. The molecule has 3 aromatic rings. The molecule has 208 valence electrons. The molecule has 2 aliphatic heterocycles. The van der Waals surface area contributed by atoms with Gasteiger partial charge in [-0.15, -0.1) is 0 Å². The summed E-state index contributed by atoms with van der Waals surface area (Å²) in [4.78, 5) is 35.2. The number of hydrogen-bond donors (Lipinski definition) is 4. The number of carbonyl (C=O) groups excluding carboxylic acids is 1. The molecule has 1 saturated heterocycles. The fourth-order valence-electron chi connectivity index (χ4n) is 5.41. The number of nitrogens with zero attached hydrogens (tertiary/aromatic N) is 2. The van der Waals surface area contributed by atoms with Crippen molar-refractivity contribution >= 4 is 40.0 Å². The molecule has 11 heteroatoms. The van der Waals surface area contributed by atoms with Crippen LogP contribution in [0.3, 0.4) is 0 Å². The quantitative estimate of drug-likeness (QED) is 0.246. The van der Waals surface area contributed by atoms with Gasteiger partial charge in [-0.1, -0.05) is 23.7 Å². The maximum atomic E-state index is 13.3. The van der Waals surface area contributed by atoms with Crippen molar-refractivity contribution in [1.82, 2.24) is 20.2 Å². The molecule has 0 radical (unpaired) electrons. The second kappa shape index (κ2) is 11.0. The number of amides is 1. The van der Waals surface area contributed by atoms with Gasteiger partial charge in [-0.05, 0) is 51.4 Å². The molecule has 1 amide bonds. The summed E-state index contributed by atoms with van der Waals surface area (Å²) in [6, 6.07) is 8.71. The third kappa shape index (κ3) is 5.83. The zero-order chi connectivity index (χ0) is 27.7. The molecular weight excluding hydrogens is 520 g/mol.